The number of ketones is 3. The number of ether oxygens (including phenoxy) is 4. The first kappa shape index (κ1) is 55.0. The number of unbranched alkanes of at least 4 members (excludes halogenated alkanes) is 15. The van der Waals surface area contributed by atoms with E-state index in [-0.39, 0.29) is 51.2 Å². The molecule has 14 nitrogen and oxygen atoms in total. The summed E-state index contributed by atoms with van der Waals surface area (Å²) in [4.78, 5) is 68.2. The predicted octanol–water partition coefficient (Wildman–Crippen LogP) is 7.02. The highest BCUT2D eigenvalue weighted by molar-refractivity contribution is 5.91. The quantitative estimate of drug-likeness (QED) is 0.0492. The highest BCUT2D eigenvalue weighted by Crippen LogP contribution is 2.22. The zero-order valence-corrected chi connectivity index (χ0v) is 37.7. The molecule has 0 aliphatic heterocycles. The van der Waals surface area contributed by atoms with Crippen LogP contribution in [0.15, 0.2) is 12.5 Å². The van der Waals surface area contributed by atoms with E-state index in [0.717, 1.165) is 18.5 Å². The van der Waals surface area contributed by atoms with Gasteiger partial charge in [-0.1, -0.05) is 110 Å². The number of carbonyl (C=O) groups is 5. The van der Waals surface area contributed by atoms with Crippen molar-refractivity contribution in [3.05, 3.63) is 18.2 Å². The monoisotopic (exact) mass is 852 g/mol. The van der Waals surface area contributed by atoms with E-state index >= 15 is 0 Å². The van der Waals surface area contributed by atoms with Crippen molar-refractivity contribution < 1.29 is 44.3 Å². The zero-order valence-electron chi connectivity index (χ0n) is 37.7. The van der Waals surface area contributed by atoms with Crippen molar-refractivity contribution in [2.24, 2.45) is 17.6 Å². The number of aromatic amines is 1. The molecule has 1 aromatic heterocycles. The van der Waals surface area contributed by atoms with Crippen molar-refractivity contribution in [1.82, 2.24) is 20.6 Å². The molecule has 1 rings (SSSR count). The molecule has 0 radical (unpaired) electrons. The molecule has 0 aliphatic carbocycles. The number of nitrogens with zero attached hydrogens (tertiary/aromatic N) is 1. The van der Waals surface area contributed by atoms with Crippen molar-refractivity contribution in [2.75, 3.05) is 65.9 Å². The van der Waals surface area contributed by atoms with E-state index in [4.69, 9.17) is 24.7 Å². The van der Waals surface area contributed by atoms with Crippen molar-refractivity contribution >= 4 is 29.2 Å². The molecular weight excluding hydrogens is 767 g/mol. The van der Waals surface area contributed by atoms with Crippen LogP contribution in [0.1, 0.15) is 163 Å². The van der Waals surface area contributed by atoms with Crippen LogP contribution in [-0.2, 0) is 49.3 Å². The molecule has 0 saturated heterocycles. The van der Waals surface area contributed by atoms with Gasteiger partial charge in [-0.3, -0.25) is 24.0 Å². The number of hydrogen-bond donors (Lipinski definition) is 4. The van der Waals surface area contributed by atoms with Crippen LogP contribution in [0.4, 0.5) is 0 Å². The molecule has 0 fully saturated rings. The highest BCUT2D eigenvalue weighted by Gasteiger charge is 2.30. The summed E-state index contributed by atoms with van der Waals surface area (Å²) in [6, 6.07) is -0.714. The second-order valence-corrected chi connectivity index (χ2v) is 16.2. The van der Waals surface area contributed by atoms with Gasteiger partial charge in [-0.05, 0) is 32.6 Å². The largest absolute Gasteiger partial charge is 0.379 e. The van der Waals surface area contributed by atoms with Gasteiger partial charge in [-0.2, -0.15) is 0 Å². The van der Waals surface area contributed by atoms with Gasteiger partial charge in [-0.25, -0.2) is 4.98 Å². The van der Waals surface area contributed by atoms with E-state index in [2.05, 4.69) is 27.5 Å². The molecule has 0 aromatic carbocycles. The van der Waals surface area contributed by atoms with Crippen LogP contribution in [0.25, 0.3) is 0 Å². The fourth-order valence-electron chi connectivity index (χ4n) is 7.12. The van der Waals surface area contributed by atoms with Crippen molar-refractivity contribution in [3.63, 3.8) is 0 Å². The minimum Gasteiger partial charge on any atom is -0.379 e. The predicted molar refractivity (Wildman–Crippen MR) is 238 cm³/mol. The van der Waals surface area contributed by atoms with E-state index < -0.39 is 17.9 Å². The number of rotatable bonds is 44. The SMILES string of the molecule is CCCCCCCCCCCCCCCCCC(=O)CCCOCCOCC(=O)NCCOCCOCC(=O)NCCCC[C@@H](C(C)=O)C(C)C(=O)[C@@H](N)Cc1cnc[nH]1.[HH]. The fourth-order valence-corrected chi connectivity index (χ4v) is 7.12. The van der Waals surface area contributed by atoms with Crippen molar-refractivity contribution in [3.8, 4) is 0 Å². The Morgan fingerprint density at radius 3 is 1.73 bits per heavy atom. The van der Waals surface area contributed by atoms with Gasteiger partial charge in [-0.15, -0.1) is 0 Å². The van der Waals surface area contributed by atoms with Gasteiger partial charge in [0.15, 0.2) is 5.78 Å². The van der Waals surface area contributed by atoms with Gasteiger partial charge >= 0.3 is 0 Å². The van der Waals surface area contributed by atoms with Crippen molar-refractivity contribution in [1.29, 1.82) is 0 Å². The number of carbonyl (C=O) groups excluding carboxylic acids is 5. The summed E-state index contributed by atoms with van der Waals surface area (Å²) >= 11 is 0. The first-order valence-electron chi connectivity index (χ1n) is 23.3. The summed E-state index contributed by atoms with van der Waals surface area (Å²) in [5, 5.41) is 5.51. The maximum Gasteiger partial charge on any atom is 0.246 e. The molecule has 0 aliphatic rings. The number of nitrogens with two attached hydrogens (primary N) is 1. The zero-order chi connectivity index (χ0) is 43.9. The standard InChI is InChI=1S/C46H83N5O9.H2/c1-4-5-6-7-8-9-10-11-12-13-14-15-16-17-18-22-41(53)23-21-27-57-29-31-59-36-45(55)50-26-28-58-30-32-60-35-44(54)49-25-20-19-24-42(39(3)52)38(2)46(56)43(47)33-40-34-48-37-51-40;/h34,37-38,42-43H,4-33,35-36,47H2,1-3H3,(H,48,51)(H,49,54)(H,50,55);1H/t38?,42-,43+;/m1./s1. The number of nitrogens with one attached hydrogen (secondary N) is 3. The second-order valence-electron chi connectivity index (χ2n) is 16.2. The van der Waals surface area contributed by atoms with Gasteiger partial charge in [0.2, 0.25) is 11.8 Å². The third-order valence-corrected chi connectivity index (χ3v) is 10.8. The Kier molecular flexibility index (Phi) is 35.6. The summed E-state index contributed by atoms with van der Waals surface area (Å²) < 4.78 is 21.7. The Morgan fingerprint density at radius 2 is 1.18 bits per heavy atom. The van der Waals surface area contributed by atoms with Crippen LogP contribution < -0.4 is 16.4 Å². The minimum atomic E-state index is -0.714. The lowest BCUT2D eigenvalue weighted by Gasteiger charge is -2.23. The molecule has 348 valence electrons. The van der Waals surface area contributed by atoms with Crippen LogP contribution >= 0.6 is 0 Å². The third-order valence-electron chi connectivity index (χ3n) is 10.8. The Labute approximate surface area is 363 Å². The number of H-pyrrole nitrogens is 1. The fraction of sp³-hybridized carbons (Fsp3) is 0.826. The summed E-state index contributed by atoms with van der Waals surface area (Å²) in [6.45, 7) is 8.08. The second kappa shape index (κ2) is 38.9. The molecule has 5 N–H and O–H groups in total. The number of imidazole rings is 1. The normalized spacial score (nSPS) is 12.9. The maximum atomic E-state index is 12.9. The lowest BCUT2D eigenvalue weighted by Crippen LogP contribution is -2.40. The smallest absolute Gasteiger partial charge is 0.246 e. The van der Waals surface area contributed by atoms with Gasteiger partial charge in [0.1, 0.15) is 24.8 Å². The van der Waals surface area contributed by atoms with Gasteiger partial charge in [0, 0.05) is 64.1 Å². The Bertz CT molecular complexity index is 1240. The lowest BCUT2D eigenvalue weighted by molar-refractivity contribution is -0.131. The first-order chi connectivity index (χ1) is 29.1. The molecule has 1 unspecified atom stereocenters. The Morgan fingerprint density at radius 1 is 0.667 bits per heavy atom. The van der Waals surface area contributed by atoms with Gasteiger partial charge in [0.05, 0.1) is 45.4 Å². The third kappa shape index (κ3) is 31.8. The van der Waals surface area contributed by atoms with Crippen LogP contribution in [0, 0.1) is 11.8 Å². The number of amides is 2. The first-order valence-corrected chi connectivity index (χ1v) is 23.3. The van der Waals surface area contributed by atoms with E-state index in [0.29, 0.717) is 90.2 Å². The summed E-state index contributed by atoms with van der Waals surface area (Å²) in [7, 11) is 0. The Balaban J connectivity index is 0.0000360. The highest BCUT2D eigenvalue weighted by atomic mass is 16.5. The molecule has 1 heterocycles. The van der Waals surface area contributed by atoms with Crippen LogP contribution in [0.3, 0.4) is 0 Å². The average molecular weight is 852 g/mol. The van der Waals surface area contributed by atoms with Crippen LogP contribution in [0.5, 0.6) is 0 Å². The number of hydrogen-bond acceptors (Lipinski definition) is 11. The van der Waals surface area contributed by atoms with Crippen LogP contribution in [0.2, 0.25) is 0 Å². The van der Waals surface area contributed by atoms with Crippen LogP contribution in [-0.4, -0.2) is 111 Å². The number of aromatic nitrogens is 2. The minimum absolute atomic E-state index is 0. The molecule has 2 amide bonds. The number of Topliss-reactive ketones (excluding diaryl/α,β-unsaturated/α-hetero) is 3. The van der Waals surface area contributed by atoms with E-state index in [1.807, 2.05) is 0 Å². The van der Waals surface area contributed by atoms with Crippen molar-refractivity contribution in [2.45, 2.75) is 168 Å². The topological polar surface area (TPSA) is 201 Å². The maximum absolute atomic E-state index is 12.9. The molecular formula is C46H85N5O9. The summed E-state index contributed by atoms with van der Waals surface area (Å²) in [5.41, 5.74) is 6.88. The summed E-state index contributed by atoms with van der Waals surface area (Å²) in [6.07, 6.45) is 27.1. The molecule has 3 atom stereocenters. The van der Waals surface area contributed by atoms with Gasteiger partial charge < -0.3 is 40.3 Å². The lowest BCUT2D eigenvalue weighted by atomic mass is 9.81. The van der Waals surface area contributed by atoms with Gasteiger partial charge in [0.25, 0.3) is 0 Å². The van der Waals surface area contributed by atoms with E-state index in [1.165, 1.54) is 96.7 Å². The molecule has 60 heavy (non-hydrogen) atoms. The molecule has 0 bridgehead atoms. The van der Waals surface area contributed by atoms with E-state index in [9.17, 15) is 24.0 Å². The Hall–Kier alpha value is -3.04. The molecule has 14 heteroatoms. The molecule has 0 saturated carbocycles. The average Bonchev–Trinajstić information content (AvgIpc) is 3.75. The molecule has 0 spiro atoms. The molecule has 1 aromatic rings. The summed E-state index contributed by atoms with van der Waals surface area (Å²) in [5.74, 6) is -1.30. The van der Waals surface area contributed by atoms with E-state index in [1.54, 1.807) is 13.1 Å².